The molecule has 254 valence electrons. The van der Waals surface area contributed by atoms with Crippen LogP contribution in [-0.4, -0.2) is 30.0 Å². The highest BCUT2D eigenvalue weighted by molar-refractivity contribution is 5.82. The first-order chi connectivity index (χ1) is 22.8. The Labute approximate surface area is 277 Å². The van der Waals surface area contributed by atoms with Crippen LogP contribution in [0.15, 0.2) is 72.8 Å². The van der Waals surface area contributed by atoms with Crippen molar-refractivity contribution in [2.45, 2.75) is 52.0 Å². The summed E-state index contributed by atoms with van der Waals surface area (Å²) in [5.41, 5.74) is 4.84. The first-order valence-electron chi connectivity index (χ1n) is 15.7. The van der Waals surface area contributed by atoms with E-state index in [9.17, 15) is 26.3 Å². The van der Waals surface area contributed by atoms with Crippen molar-refractivity contribution in [2.24, 2.45) is 0 Å². The zero-order valence-electron chi connectivity index (χ0n) is 26.8. The summed E-state index contributed by atoms with van der Waals surface area (Å²) < 4.78 is 83.1. The van der Waals surface area contributed by atoms with Crippen molar-refractivity contribution in [1.29, 1.82) is 0 Å². The van der Waals surface area contributed by atoms with Gasteiger partial charge < -0.3 is 15.5 Å². The minimum absolute atomic E-state index is 0.0228. The smallest absolute Gasteiger partial charge is 0.396 e. The molecule has 0 fully saturated rings. The van der Waals surface area contributed by atoms with Gasteiger partial charge in [-0.15, -0.1) is 0 Å². The van der Waals surface area contributed by atoms with E-state index in [0.29, 0.717) is 37.9 Å². The van der Waals surface area contributed by atoms with E-state index >= 15 is 0 Å². The van der Waals surface area contributed by atoms with E-state index in [1.807, 2.05) is 50.2 Å². The predicted molar refractivity (Wildman–Crippen MR) is 181 cm³/mol. The Morgan fingerprint density at radius 2 is 1.06 bits per heavy atom. The molecule has 0 aliphatic rings. The summed E-state index contributed by atoms with van der Waals surface area (Å²) in [5.74, 6) is 0. The maximum Gasteiger partial charge on any atom is 0.416 e. The van der Waals surface area contributed by atoms with Gasteiger partial charge in [0.2, 0.25) is 0 Å². The SMILES string of the molecule is Cc1c(/C=C/c2cc(CCCCO)ccc2C(F)(F)F)cccc1-c1cccc(/C=C/c2cc(CNCCO)ccc2C(F)(F)F)c1C. The van der Waals surface area contributed by atoms with Gasteiger partial charge in [0.1, 0.15) is 0 Å². The fraction of sp³-hybridized carbons (Fsp3) is 0.282. The van der Waals surface area contributed by atoms with Crippen molar-refractivity contribution >= 4 is 24.3 Å². The van der Waals surface area contributed by atoms with Crippen LogP contribution in [0.1, 0.15) is 68.5 Å². The standard InChI is InChI=1S/C39H39F6NO2/c1-26-30(14-16-32-23-28(7-3-4-21-47)12-18-36(32)38(40,41)42)8-5-10-34(26)35-11-6-9-31(27(35)2)15-17-33-24-29(25-46-20-22-48)13-19-37(33)39(43,44)45/h5-6,8-19,23-24,46-48H,3-4,7,20-22,25H2,1-2H3/b16-14+,17-15+. The first-order valence-corrected chi connectivity index (χ1v) is 15.7. The van der Waals surface area contributed by atoms with E-state index in [2.05, 4.69) is 5.32 Å². The van der Waals surface area contributed by atoms with Gasteiger partial charge in [0.15, 0.2) is 0 Å². The molecule has 48 heavy (non-hydrogen) atoms. The Bertz CT molecular complexity index is 1630. The highest BCUT2D eigenvalue weighted by Crippen LogP contribution is 2.36. The van der Waals surface area contributed by atoms with E-state index in [4.69, 9.17) is 10.2 Å². The lowest BCUT2D eigenvalue weighted by molar-refractivity contribution is -0.138. The second kappa shape index (κ2) is 16.3. The zero-order valence-corrected chi connectivity index (χ0v) is 26.8. The van der Waals surface area contributed by atoms with Gasteiger partial charge in [-0.05, 0) is 107 Å². The number of benzene rings is 4. The van der Waals surface area contributed by atoms with Crippen molar-refractivity contribution in [1.82, 2.24) is 5.32 Å². The maximum absolute atomic E-state index is 13.9. The van der Waals surface area contributed by atoms with Gasteiger partial charge in [0.05, 0.1) is 17.7 Å². The molecule has 9 heteroatoms. The number of hydrogen-bond donors (Lipinski definition) is 3. The molecule has 0 aliphatic carbocycles. The van der Waals surface area contributed by atoms with E-state index in [0.717, 1.165) is 51.1 Å². The van der Waals surface area contributed by atoms with Crippen LogP contribution in [0.3, 0.4) is 0 Å². The van der Waals surface area contributed by atoms with E-state index in [1.165, 1.54) is 30.4 Å². The summed E-state index contributed by atoms with van der Waals surface area (Å²) in [6.45, 7) is 4.35. The average molecular weight is 668 g/mol. The molecular weight excluding hydrogens is 628 g/mol. The van der Waals surface area contributed by atoms with E-state index in [-0.39, 0.29) is 24.3 Å². The Hall–Kier alpha value is -4.18. The van der Waals surface area contributed by atoms with Crippen LogP contribution >= 0.6 is 0 Å². The van der Waals surface area contributed by atoms with E-state index < -0.39 is 23.5 Å². The largest absolute Gasteiger partial charge is 0.416 e. The molecule has 0 saturated heterocycles. The van der Waals surface area contributed by atoms with Crippen LogP contribution in [0.25, 0.3) is 35.4 Å². The molecular formula is C39H39F6NO2. The molecule has 0 atom stereocenters. The Morgan fingerprint density at radius 1 is 0.583 bits per heavy atom. The molecule has 3 N–H and O–H groups in total. The van der Waals surface area contributed by atoms with Gasteiger partial charge in [-0.2, -0.15) is 26.3 Å². The van der Waals surface area contributed by atoms with Gasteiger partial charge >= 0.3 is 12.4 Å². The van der Waals surface area contributed by atoms with Gasteiger partial charge in [0, 0.05) is 19.7 Å². The van der Waals surface area contributed by atoms with Gasteiger partial charge in [-0.1, -0.05) is 78.9 Å². The molecule has 0 radical (unpaired) electrons. The molecule has 0 bridgehead atoms. The topological polar surface area (TPSA) is 52.5 Å². The number of rotatable bonds is 13. The monoisotopic (exact) mass is 667 g/mol. The Balaban J connectivity index is 1.67. The average Bonchev–Trinajstić information content (AvgIpc) is 3.03. The number of aliphatic hydroxyl groups excluding tert-OH is 2. The second-order valence-electron chi connectivity index (χ2n) is 11.6. The molecule has 0 spiro atoms. The molecule has 4 aromatic rings. The number of unbranched alkanes of at least 4 members (excludes halogenated alkanes) is 1. The minimum Gasteiger partial charge on any atom is -0.396 e. The van der Waals surface area contributed by atoms with Crippen LogP contribution < -0.4 is 5.32 Å². The summed E-state index contributed by atoms with van der Waals surface area (Å²) in [7, 11) is 0. The maximum atomic E-state index is 13.9. The molecule has 0 aromatic heterocycles. The molecule has 0 heterocycles. The van der Waals surface area contributed by atoms with E-state index in [1.54, 1.807) is 18.2 Å². The highest BCUT2D eigenvalue weighted by atomic mass is 19.4. The van der Waals surface area contributed by atoms with Crippen molar-refractivity contribution in [2.75, 3.05) is 19.8 Å². The normalized spacial score (nSPS) is 12.5. The number of aliphatic hydroxyl groups is 2. The van der Waals surface area contributed by atoms with Crippen LogP contribution in [-0.2, 0) is 25.3 Å². The third kappa shape index (κ3) is 9.46. The van der Waals surface area contributed by atoms with Crippen LogP contribution in [0, 0.1) is 13.8 Å². The third-order valence-corrected chi connectivity index (χ3v) is 8.26. The van der Waals surface area contributed by atoms with Gasteiger partial charge in [-0.3, -0.25) is 0 Å². The van der Waals surface area contributed by atoms with Crippen LogP contribution in [0.5, 0.6) is 0 Å². The molecule has 0 aliphatic heterocycles. The molecule has 0 saturated carbocycles. The lowest BCUT2D eigenvalue weighted by Crippen LogP contribution is -2.18. The summed E-state index contributed by atoms with van der Waals surface area (Å²) in [6.07, 6.45) is -1.03. The van der Waals surface area contributed by atoms with Gasteiger partial charge in [-0.25, -0.2) is 0 Å². The van der Waals surface area contributed by atoms with Crippen molar-refractivity contribution in [3.8, 4) is 11.1 Å². The van der Waals surface area contributed by atoms with Crippen LogP contribution in [0.2, 0.25) is 0 Å². The van der Waals surface area contributed by atoms with Crippen molar-refractivity contribution in [3.63, 3.8) is 0 Å². The summed E-state index contributed by atoms with van der Waals surface area (Å²) >= 11 is 0. The first kappa shape index (κ1) is 36.7. The van der Waals surface area contributed by atoms with Crippen molar-refractivity contribution < 1.29 is 36.6 Å². The lowest BCUT2D eigenvalue weighted by Gasteiger charge is -2.15. The molecule has 3 nitrogen and oxygen atoms in total. The number of aryl methyl sites for hydroxylation is 1. The fourth-order valence-corrected chi connectivity index (χ4v) is 5.65. The molecule has 4 rings (SSSR count). The zero-order chi connectivity index (χ0) is 34.9. The highest BCUT2D eigenvalue weighted by Gasteiger charge is 2.33. The molecule has 0 amide bonds. The third-order valence-electron chi connectivity index (χ3n) is 8.26. The summed E-state index contributed by atoms with van der Waals surface area (Å²) in [5, 5.41) is 21.0. The predicted octanol–water partition coefficient (Wildman–Crippen LogP) is 9.75. The summed E-state index contributed by atoms with van der Waals surface area (Å²) in [4.78, 5) is 0. The van der Waals surface area contributed by atoms with Gasteiger partial charge in [0.25, 0.3) is 0 Å². The number of alkyl halides is 6. The molecule has 0 unspecified atom stereocenters. The second-order valence-corrected chi connectivity index (χ2v) is 11.6. The number of halogens is 6. The fourth-order valence-electron chi connectivity index (χ4n) is 5.65. The van der Waals surface area contributed by atoms with Crippen molar-refractivity contribution in [3.05, 3.63) is 128 Å². The Kier molecular flexibility index (Phi) is 12.4. The van der Waals surface area contributed by atoms with Crippen LogP contribution in [0.4, 0.5) is 26.3 Å². The number of hydrogen-bond acceptors (Lipinski definition) is 3. The minimum atomic E-state index is -4.54. The number of nitrogens with one attached hydrogen (secondary N) is 1. The summed E-state index contributed by atoms with van der Waals surface area (Å²) in [6, 6.07) is 19.2. The lowest BCUT2D eigenvalue weighted by atomic mass is 9.90. The molecule has 4 aromatic carbocycles. The quantitative estimate of drug-likeness (QED) is 0.0756. The Morgan fingerprint density at radius 3 is 1.54 bits per heavy atom.